The maximum atomic E-state index is 12.6. The number of anilines is 6. The minimum atomic E-state index is -0.670. The molecule has 13 heteroatoms. The van der Waals surface area contributed by atoms with E-state index in [0.717, 1.165) is 11.1 Å². The fraction of sp³-hybridized carbons (Fsp3) is 0.292. The molecule has 0 saturated heterocycles. The van der Waals surface area contributed by atoms with Crippen LogP contribution in [-0.4, -0.2) is 27.9 Å². The van der Waals surface area contributed by atoms with E-state index in [2.05, 4.69) is 26.6 Å². The molecule has 6 aromatic rings. The first-order valence-corrected chi connectivity index (χ1v) is 20.3. The summed E-state index contributed by atoms with van der Waals surface area (Å²) >= 11 is 0. The van der Waals surface area contributed by atoms with Crippen molar-refractivity contribution in [1.29, 1.82) is 0 Å². The van der Waals surface area contributed by atoms with E-state index in [1.54, 1.807) is 24.3 Å². The fourth-order valence-corrected chi connectivity index (χ4v) is 6.74. The molecule has 0 spiro atoms. The van der Waals surface area contributed by atoms with Gasteiger partial charge in [0.1, 0.15) is 28.5 Å². The summed E-state index contributed by atoms with van der Waals surface area (Å²) in [6.45, 7) is 13.4. The van der Waals surface area contributed by atoms with E-state index in [1.165, 1.54) is 12.1 Å². The molecule has 7 N–H and O–H groups in total. The van der Waals surface area contributed by atoms with Crippen LogP contribution in [-0.2, 0) is 0 Å². The molecule has 0 unspecified atom stereocenters. The molecule has 0 aromatic heterocycles. The molecule has 1 amide bonds. The number of benzene rings is 4. The molecular weight excluding hydrogens is 775 g/mol. The van der Waals surface area contributed by atoms with E-state index in [1.807, 2.05) is 109 Å². The number of hydrogen-bond donors (Lipinski definition) is 7. The van der Waals surface area contributed by atoms with E-state index >= 15 is 0 Å². The molecule has 6 rings (SSSR count). The first kappa shape index (κ1) is 45.1. The van der Waals surface area contributed by atoms with Gasteiger partial charge in [0.05, 0.1) is 34.6 Å². The quantitative estimate of drug-likeness (QED) is 0.0280. The molecule has 0 saturated carbocycles. The average molecular weight is 828 g/mol. The monoisotopic (exact) mass is 827 g/mol. The second-order valence-corrected chi connectivity index (χ2v) is 16.3. The number of hydrogen-bond acceptors (Lipinski definition) is 12. The highest BCUT2D eigenvalue weighted by Crippen LogP contribution is 2.36. The van der Waals surface area contributed by atoms with Crippen LogP contribution in [0.3, 0.4) is 0 Å². The molecule has 13 nitrogen and oxygen atoms in total. The van der Waals surface area contributed by atoms with Crippen molar-refractivity contribution in [3.63, 3.8) is 0 Å². The number of para-hydroxylation sites is 2. The molecule has 0 aliphatic heterocycles. The third kappa shape index (κ3) is 10.6. The molecular formula is C48H53N5O8. The predicted molar refractivity (Wildman–Crippen MR) is 243 cm³/mol. The van der Waals surface area contributed by atoms with Crippen molar-refractivity contribution >= 4 is 45.8 Å². The van der Waals surface area contributed by atoms with Crippen molar-refractivity contribution in [1.82, 2.24) is 5.32 Å². The maximum Gasteiger partial charge on any atom is 0.255 e. The third-order valence-electron chi connectivity index (χ3n) is 9.93. The van der Waals surface area contributed by atoms with Crippen molar-refractivity contribution in [3.05, 3.63) is 160 Å². The second-order valence-electron chi connectivity index (χ2n) is 16.3. The van der Waals surface area contributed by atoms with Crippen LogP contribution in [0, 0.1) is 5.41 Å². The Hall–Kier alpha value is -7.02. The smallest absolute Gasteiger partial charge is 0.255 e. The summed E-state index contributed by atoms with van der Waals surface area (Å²) in [5.74, 6) is -1.13. The van der Waals surface area contributed by atoms with Crippen LogP contribution < -0.4 is 48.3 Å². The number of phenols is 2. The zero-order valence-corrected chi connectivity index (χ0v) is 35.4. The molecule has 0 aliphatic carbocycles. The Morgan fingerprint density at radius 3 is 1.34 bits per heavy atom. The predicted octanol–water partition coefficient (Wildman–Crippen LogP) is 8.35. The van der Waals surface area contributed by atoms with Crippen LogP contribution in [0.5, 0.6) is 11.5 Å². The lowest BCUT2D eigenvalue weighted by Crippen LogP contribution is -2.37. The normalized spacial score (nSPS) is 12.3. The highest BCUT2D eigenvalue weighted by molar-refractivity contribution is 6.01. The number of carbonyl (C=O) groups excluding carboxylic acids is 2. The topological polar surface area (TPSA) is 203 Å². The Morgan fingerprint density at radius 2 is 0.951 bits per heavy atom. The molecule has 0 bridgehead atoms. The van der Waals surface area contributed by atoms with Gasteiger partial charge in [-0.2, -0.15) is 0 Å². The lowest BCUT2D eigenvalue weighted by atomic mass is 9.87. The summed E-state index contributed by atoms with van der Waals surface area (Å²) in [6.07, 6.45) is 1.69. The summed E-state index contributed by atoms with van der Waals surface area (Å²) < 4.78 is 0. The van der Waals surface area contributed by atoms with Crippen molar-refractivity contribution in [3.8, 4) is 11.5 Å². The van der Waals surface area contributed by atoms with Gasteiger partial charge < -0.3 is 36.8 Å². The summed E-state index contributed by atoms with van der Waals surface area (Å²) in [5.41, 5.74) is 0.411. The van der Waals surface area contributed by atoms with Gasteiger partial charge in [-0.1, -0.05) is 107 Å². The van der Waals surface area contributed by atoms with Crippen molar-refractivity contribution in [2.24, 2.45) is 5.41 Å². The van der Waals surface area contributed by atoms with Crippen LogP contribution in [0.4, 0.5) is 34.1 Å². The van der Waals surface area contributed by atoms with Gasteiger partial charge in [0.15, 0.2) is 11.5 Å². The first-order valence-electron chi connectivity index (χ1n) is 20.3. The lowest BCUT2D eigenvalue weighted by Gasteiger charge is -2.22. The summed E-state index contributed by atoms with van der Waals surface area (Å²) in [4.78, 5) is 73.7. The Kier molecular flexibility index (Phi) is 14.3. The zero-order valence-electron chi connectivity index (χ0n) is 35.4. The molecule has 61 heavy (non-hydrogen) atoms. The van der Waals surface area contributed by atoms with Crippen molar-refractivity contribution in [2.75, 3.05) is 21.3 Å². The Bertz CT molecular complexity index is 2630. The number of phenolic OH excluding ortho intramolecular Hbond substituents is 2. The highest BCUT2D eigenvalue weighted by atomic mass is 16.3. The van der Waals surface area contributed by atoms with Crippen LogP contribution in [0.2, 0.25) is 0 Å². The van der Waals surface area contributed by atoms with Gasteiger partial charge in [-0.3, -0.25) is 28.8 Å². The molecule has 2 atom stereocenters. The number of amides is 1. The minimum Gasteiger partial charge on any atom is -0.505 e. The van der Waals surface area contributed by atoms with E-state index in [4.69, 9.17) is 0 Å². The fourth-order valence-electron chi connectivity index (χ4n) is 6.74. The maximum absolute atomic E-state index is 12.6. The number of aromatic hydroxyl groups is 2. The second kappa shape index (κ2) is 19.4. The number of ketones is 1. The van der Waals surface area contributed by atoms with Crippen molar-refractivity contribution in [2.45, 2.75) is 85.9 Å². The van der Waals surface area contributed by atoms with E-state index in [-0.39, 0.29) is 92.5 Å². The Labute approximate surface area is 354 Å². The van der Waals surface area contributed by atoms with Crippen LogP contribution in [0.15, 0.2) is 116 Å². The lowest BCUT2D eigenvalue weighted by molar-refractivity contribution is 0.0929. The van der Waals surface area contributed by atoms with Gasteiger partial charge in [0, 0.05) is 12.5 Å². The number of carbonyl (C=O) groups is 2. The van der Waals surface area contributed by atoms with Gasteiger partial charge in [-0.15, -0.1) is 0 Å². The molecule has 0 radical (unpaired) electrons. The number of Topliss-reactive ketones (excluding diaryl/α,β-unsaturated/α-hetero) is 1. The van der Waals surface area contributed by atoms with E-state index in [9.17, 15) is 39.0 Å². The number of rotatable bonds is 16. The van der Waals surface area contributed by atoms with Crippen LogP contribution >= 0.6 is 0 Å². The molecule has 0 aliphatic rings. The van der Waals surface area contributed by atoms with Crippen molar-refractivity contribution < 1.29 is 19.8 Å². The van der Waals surface area contributed by atoms with Crippen LogP contribution in [0.25, 0.3) is 0 Å². The molecule has 318 valence electrons. The first-order chi connectivity index (χ1) is 28.9. The van der Waals surface area contributed by atoms with Gasteiger partial charge in [-0.25, -0.2) is 0 Å². The molecule has 6 aromatic carbocycles. The Balaban J connectivity index is 0.000000231. The SMILES string of the molecule is CC[C@@H](Nc1c(Nc2cccc(C(=O)CC(C)(C)C)c2O)c(=O)c1=O)c1ccccc1.CC[C@@H](Nc1c(Nc2cccc(C(=O)NC(C)C)c2O)c(=O)c1=O)c1ccccc1. The van der Waals surface area contributed by atoms with E-state index in [0.29, 0.717) is 12.8 Å². The average Bonchev–Trinajstić information content (AvgIpc) is 3.23. The van der Waals surface area contributed by atoms with Gasteiger partial charge in [0.2, 0.25) is 0 Å². The Morgan fingerprint density at radius 1 is 0.557 bits per heavy atom. The van der Waals surface area contributed by atoms with Gasteiger partial charge >= 0.3 is 0 Å². The standard InChI is InChI=1S/C25H28N2O4.C23H25N3O4/c1-5-17(15-10-7-6-8-11-15)26-20-21(24(31)23(20)30)27-18-13-9-12-16(22(18)29)19(28)14-25(2,3)4;1-4-16(14-9-6-5-7-10-14)25-18-19(22(29)21(18)28)26-17-12-8-11-15(20(17)27)23(30)24-13(2)3/h6-13,17,26-27,29H,5,14H2,1-4H3;5-13,16,25-27H,4H2,1-3H3,(H,24,30)/t17-;16-/m11/s1. The zero-order chi connectivity index (χ0) is 44.6. The van der Waals surface area contributed by atoms with Gasteiger partial charge in [-0.05, 0) is 67.5 Å². The summed E-state index contributed by atoms with van der Waals surface area (Å²) in [5, 5.41) is 35.9. The molecule has 0 heterocycles. The third-order valence-corrected chi connectivity index (χ3v) is 9.93. The van der Waals surface area contributed by atoms with Crippen LogP contribution in [0.1, 0.15) is 112 Å². The highest BCUT2D eigenvalue weighted by Gasteiger charge is 2.27. The summed E-state index contributed by atoms with van der Waals surface area (Å²) in [6, 6.07) is 28.3. The molecule has 0 fully saturated rings. The minimum absolute atomic E-state index is 0.0751. The summed E-state index contributed by atoms with van der Waals surface area (Å²) in [7, 11) is 0. The van der Waals surface area contributed by atoms with E-state index < -0.39 is 27.6 Å². The number of nitrogens with one attached hydrogen (secondary N) is 5. The van der Waals surface area contributed by atoms with Gasteiger partial charge in [0.25, 0.3) is 27.6 Å². The largest absolute Gasteiger partial charge is 0.505 e.